The molecule has 1 aliphatic rings. The molecule has 1 fully saturated rings. The van der Waals surface area contributed by atoms with Crippen molar-refractivity contribution >= 4 is 11.6 Å². The van der Waals surface area contributed by atoms with E-state index < -0.39 is 0 Å². The van der Waals surface area contributed by atoms with E-state index in [2.05, 4.69) is 20.6 Å². The second-order valence-corrected chi connectivity index (χ2v) is 6.34. The van der Waals surface area contributed by atoms with Crippen molar-refractivity contribution < 1.29 is 4.79 Å². The van der Waals surface area contributed by atoms with Crippen molar-refractivity contribution in [3.63, 3.8) is 0 Å². The molecule has 1 aliphatic carbocycles. The minimum Gasteiger partial charge on any atom is -0.381 e. The molecule has 1 amide bonds. The Morgan fingerprint density at radius 2 is 1.92 bits per heavy atom. The Bertz CT molecular complexity index is 651. The summed E-state index contributed by atoms with van der Waals surface area (Å²) in [6.45, 7) is 0.465. The zero-order valence-electron chi connectivity index (χ0n) is 13.9. The molecule has 0 atom stereocenters. The van der Waals surface area contributed by atoms with E-state index >= 15 is 0 Å². The third-order valence-electron chi connectivity index (χ3n) is 4.40. The van der Waals surface area contributed by atoms with Crippen molar-refractivity contribution in [1.82, 2.24) is 15.3 Å². The fourth-order valence-corrected chi connectivity index (χ4v) is 3.09. The number of hydrogen-bond acceptors (Lipinski definition) is 4. The van der Waals surface area contributed by atoms with Crippen molar-refractivity contribution in [3.05, 3.63) is 54.1 Å². The number of anilines is 1. The van der Waals surface area contributed by atoms with Crippen molar-refractivity contribution in [2.75, 3.05) is 5.32 Å². The minimum atomic E-state index is -0.115. The molecular formula is C19H24N4O. The highest BCUT2D eigenvalue weighted by Crippen LogP contribution is 2.21. The van der Waals surface area contributed by atoms with Gasteiger partial charge in [-0.15, -0.1) is 0 Å². The molecule has 126 valence electrons. The normalized spacial score (nSPS) is 15.5. The highest BCUT2D eigenvalue weighted by molar-refractivity contribution is 5.94. The summed E-state index contributed by atoms with van der Waals surface area (Å²) in [7, 11) is 0. The first-order valence-electron chi connectivity index (χ1n) is 8.70. The highest BCUT2D eigenvalue weighted by atomic mass is 16.1. The maximum Gasteiger partial charge on any atom is 0.253 e. The topological polar surface area (TPSA) is 66.9 Å². The van der Waals surface area contributed by atoms with Crippen LogP contribution in [0.25, 0.3) is 0 Å². The summed E-state index contributed by atoms with van der Waals surface area (Å²) in [6, 6.07) is 6.18. The molecule has 0 aromatic carbocycles. The van der Waals surface area contributed by atoms with Crippen LogP contribution in [0.15, 0.2) is 43.0 Å². The monoisotopic (exact) mass is 324 g/mol. The third kappa shape index (κ3) is 4.78. The number of hydrogen-bond donors (Lipinski definition) is 2. The van der Waals surface area contributed by atoms with Gasteiger partial charge < -0.3 is 10.6 Å². The Morgan fingerprint density at radius 3 is 2.67 bits per heavy atom. The van der Waals surface area contributed by atoms with Crippen molar-refractivity contribution in [2.45, 2.75) is 51.1 Å². The zero-order valence-corrected chi connectivity index (χ0v) is 13.9. The van der Waals surface area contributed by atoms with Gasteiger partial charge in [0.15, 0.2) is 0 Å². The van der Waals surface area contributed by atoms with Gasteiger partial charge in [0.1, 0.15) is 0 Å². The number of aromatic nitrogens is 2. The molecule has 2 aromatic rings. The van der Waals surface area contributed by atoms with Gasteiger partial charge in [0.2, 0.25) is 0 Å². The second kappa shape index (κ2) is 8.43. The van der Waals surface area contributed by atoms with Gasteiger partial charge in [-0.1, -0.05) is 31.7 Å². The number of nitrogens with one attached hydrogen (secondary N) is 2. The van der Waals surface area contributed by atoms with Crippen LogP contribution in [0, 0.1) is 0 Å². The number of rotatable bonds is 5. The van der Waals surface area contributed by atoms with E-state index in [0.29, 0.717) is 18.2 Å². The van der Waals surface area contributed by atoms with Crippen LogP contribution >= 0.6 is 0 Å². The van der Waals surface area contributed by atoms with Crippen LogP contribution in [0.1, 0.15) is 54.4 Å². The molecule has 0 radical (unpaired) electrons. The number of nitrogens with zero attached hydrogens (tertiary/aromatic N) is 2. The van der Waals surface area contributed by atoms with Crippen LogP contribution in [-0.2, 0) is 6.54 Å². The predicted octanol–water partition coefficient (Wildman–Crippen LogP) is 3.54. The molecule has 2 N–H and O–H groups in total. The number of amides is 1. The molecular weight excluding hydrogens is 300 g/mol. The average molecular weight is 324 g/mol. The SMILES string of the molecule is O=C(NCc1cccnc1)c1cncc(NC2CCCCCC2)c1. The van der Waals surface area contributed by atoms with E-state index in [1.165, 1.54) is 38.5 Å². The van der Waals surface area contributed by atoms with E-state index in [-0.39, 0.29) is 5.91 Å². The predicted molar refractivity (Wildman–Crippen MR) is 94.8 cm³/mol. The van der Waals surface area contributed by atoms with Crippen molar-refractivity contribution in [2.24, 2.45) is 0 Å². The van der Waals surface area contributed by atoms with Crippen molar-refractivity contribution in [1.29, 1.82) is 0 Å². The largest absolute Gasteiger partial charge is 0.381 e. The Labute approximate surface area is 142 Å². The summed E-state index contributed by atoms with van der Waals surface area (Å²) in [4.78, 5) is 20.6. The lowest BCUT2D eigenvalue weighted by Gasteiger charge is -2.17. The van der Waals surface area contributed by atoms with Crippen LogP contribution in [0.4, 0.5) is 5.69 Å². The Balaban J connectivity index is 1.58. The summed E-state index contributed by atoms with van der Waals surface area (Å²) in [5, 5.41) is 6.45. The van der Waals surface area contributed by atoms with Gasteiger partial charge in [-0.05, 0) is 30.5 Å². The van der Waals surface area contributed by atoms with Crippen LogP contribution < -0.4 is 10.6 Å². The minimum absolute atomic E-state index is 0.115. The van der Waals surface area contributed by atoms with E-state index in [1.807, 2.05) is 18.2 Å². The standard InChI is InChI=1S/C19H24N4O/c24-19(22-12-15-6-5-9-20-11-15)16-10-18(14-21-13-16)23-17-7-3-1-2-4-8-17/h5-6,9-11,13-14,17,23H,1-4,7-8,12H2,(H,22,24). The molecule has 5 nitrogen and oxygen atoms in total. The maximum atomic E-state index is 12.3. The molecule has 0 saturated heterocycles. The first kappa shape index (κ1) is 16.4. The fraction of sp³-hybridized carbons (Fsp3) is 0.421. The average Bonchev–Trinajstić information content (AvgIpc) is 2.89. The van der Waals surface area contributed by atoms with Crippen LogP contribution in [0.3, 0.4) is 0 Å². The summed E-state index contributed by atoms with van der Waals surface area (Å²) in [5.41, 5.74) is 2.49. The van der Waals surface area contributed by atoms with Gasteiger partial charge in [-0.2, -0.15) is 0 Å². The molecule has 0 unspecified atom stereocenters. The first-order chi connectivity index (χ1) is 11.8. The van der Waals surface area contributed by atoms with Crippen molar-refractivity contribution in [3.8, 4) is 0 Å². The molecule has 5 heteroatoms. The molecule has 2 heterocycles. The number of carbonyl (C=O) groups is 1. The Morgan fingerprint density at radius 1 is 1.08 bits per heavy atom. The molecule has 0 spiro atoms. The number of pyridine rings is 2. The molecule has 24 heavy (non-hydrogen) atoms. The second-order valence-electron chi connectivity index (χ2n) is 6.34. The summed E-state index contributed by atoms with van der Waals surface area (Å²) in [5.74, 6) is -0.115. The van der Waals surface area contributed by atoms with Crippen LogP contribution in [0.2, 0.25) is 0 Å². The number of carbonyl (C=O) groups excluding carboxylic acids is 1. The fourth-order valence-electron chi connectivity index (χ4n) is 3.09. The Kier molecular flexibility index (Phi) is 5.77. The maximum absolute atomic E-state index is 12.3. The summed E-state index contributed by atoms with van der Waals surface area (Å²) < 4.78 is 0. The smallest absolute Gasteiger partial charge is 0.253 e. The van der Waals surface area contributed by atoms with E-state index in [9.17, 15) is 4.79 Å². The van der Waals surface area contributed by atoms with Gasteiger partial charge in [-0.25, -0.2) is 0 Å². The lowest BCUT2D eigenvalue weighted by atomic mass is 10.1. The van der Waals surface area contributed by atoms with Crippen LogP contribution in [-0.4, -0.2) is 21.9 Å². The van der Waals surface area contributed by atoms with Crippen LogP contribution in [0.5, 0.6) is 0 Å². The summed E-state index contributed by atoms with van der Waals surface area (Å²) >= 11 is 0. The lowest BCUT2D eigenvalue weighted by Crippen LogP contribution is -2.23. The van der Waals surface area contributed by atoms with E-state index in [0.717, 1.165) is 11.3 Å². The van der Waals surface area contributed by atoms with Gasteiger partial charge in [0.25, 0.3) is 5.91 Å². The Hall–Kier alpha value is -2.43. The van der Waals surface area contributed by atoms with Gasteiger partial charge in [0, 0.05) is 37.4 Å². The molecule has 0 aliphatic heterocycles. The molecule has 0 bridgehead atoms. The molecule has 1 saturated carbocycles. The summed E-state index contributed by atoms with van der Waals surface area (Å²) in [6.07, 6.45) is 14.5. The molecule has 3 rings (SSSR count). The van der Waals surface area contributed by atoms with E-state index in [1.54, 1.807) is 24.8 Å². The van der Waals surface area contributed by atoms with E-state index in [4.69, 9.17) is 0 Å². The van der Waals surface area contributed by atoms with Gasteiger partial charge in [0.05, 0.1) is 11.3 Å². The van der Waals surface area contributed by atoms with Gasteiger partial charge in [-0.3, -0.25) is 14.8 Å². The zero-order chi connectivity index (χ0) is 16.6. The quantitative estimate of drug-likeness (QED) is 0.826. The van der Waals surface area contributed by atoms with Gasteiger partial charge >= 0.3 is 0 Å². The highest BCUT2D eigenvalue weighted by Gasteiger charge is 2.13. The lowest BCUT2D eigenvalue weighted by molar-refractivity contribution is 0.0950. The molecule has 2 aromatic heterocycles. The first-order valence-corrected chi connectivity index (χ1v) is 8.70. The third-order valence-corrected chi connectivity index (χ3v) is 4.40.